The highest BCUT2D eigenvalue weighted by atomic mass is 16.7. The van der Waals surface area contributed by atoms with Crippen LogP contribution < -0.4 is 14.4 Å². The molecule has 3 rings (SSSR count). The monoisotopic (exact) mass is 235 g/mol. The molecule has 1 aromatic rings. The van der Waals surface area contributed by atoms with Gasteiger partial charge in [-0.25, -0.2) is 4.79 Å². The lowest BCUT2D eigenvalue weighted by atomic mass is 10.3. The van der Waals surface area contributed by atoms with E-state index in [0.29, 0.717) is 13.2 Å². The Morgan fingerprint density at radius 3 is 3.12 bits per heavy atom. The number of carbonyl (C=O) groups excluding carboxylic acids is 1. The van der Waals surface area contributed by atoms with E-state index < -0.39 is 0 Å². The first kappa shape index (κ1) is 10.3. The SMILES string of the molecule is CCOC(=O)C1CN1c1ccc2c(c1)OCO2. The average Bonchev–Trinajstić information content (AvgIpc) is 3.00. The maximum absolute atomic E-state index is 11.5. The van der Waals surface area contributed by atoms with Crippen molar-refractivity contribution < 1.29 is 19.0 Å². The summed E-state index contributed by atoms with van der Waals surface area (Å²) in [7, 11) is 0. The highest BCUT2D eigenvalue weighted by Crippen LogP contribution is 2.38. The van der Waals surface area contributed by atoms with Gasteiger partial charge in [0.05, 0.1) is 13.2 Å². The third-order valence-electron chi connectivity index (χ3n) is 2.86. The molecule has 5 heteroatoms. The number of carbonyl (C=O) groups is 1. The first-order chi connectivity index (χ1) is 8.29. The van der Waals surface area contributed by atoms with Crippen molar-refractivity contribution in [3.05, 3.63) is 18.2 Å². The Bertz CT molecular complexity index is 460. The Hall–Kier alpha value is -1.91. The molecule has 90 valence electrons. The van der Waals surface area contributed by atoms with Gasteiger partial charge in [-0.2, -0.15) is 0 Å². The topological polar surface area (TPSA) is 47.8 Å². The first-order valence-corrected chi connectivity index (χ1v) is 5.62. The average molecular weight is 235 g/mol. The molecule has 17 heavy (non-hydrogen) atoms. The number of benzene rings is 1. The van der Waals surface area contributed by atoms with E-state index >= 15 is 0 Å². The van der Waals surface area contributed by atoms with Gasteiger partial charge in [0.1, 0.15) is 6.04 Å². The van der Waals surface area contributed by atoms with Gasteiger partial charge >= 0.3 is 5.97 Å². The summed E-state index contributed by atoms with van der Waals surface area (Å²) in [5.74, 6) is 1.32. The van der Waals surface area contributed by atoms with E-state index in [0.717, 1.165) is 17.2 Å². The molecule has 0 amide bonds. The van der Waals surface area contributed by atoms with E-state index in [1.165, 1.54) is 0 Å². The van der Waals surface area contributed by atoms with Gasteiger partial charge in [-0.15, -0.1) is 0 Å². The van der Waals surface area contributed by atoms with Crippen LogP contribution in [0.15, 0.2) is 18.2 Å². The highest BCUT2D eigenvalue weighted by molar-refractivity contribution is 5.86. The van der Waals surface area contributed by atoms with E-state index in [1.54, 1.807) is 0 Å². The molecular weight excluding hydrogens is 222 g/mol. The van der Waals surface area contributed by atoms with Crippen LogP contribution in [0.4, 0.5) is 5.69 Å². The molecule has 2 aliphatic heterocycles. The lowest BCUT2D eigenvalue weighted by Gasteiger charge is -2.06. The van der Waals surface area contributed by atoms with Crippen LogP contribution in [0.1, 0.15) is 6.92 Å². The minimum absolute atomic E-state index is 0.143. The standard InChI is InChI=1S/C12H13NO4/c1-2-15-12(14)9-6-13(9)8-3-4-10-11(5-8)17-7-16-10/h3-5,9H,2,6-7H2,1H3. The molecule has 0 aliphatic carbocycles. The van der Waals surface area contributed by atoms with Crippen LogP contribution in [0.5, 0.6) is 11.5 Å². The predicted molar refractivity (Wildman–Crippen MR) is 60.3 cm³/mol. The van der Waals surface area contributed by atoms with Crippen molar-refractivity contribution in [1.82, 2.24) is 0 Å². The molecule has 1 aromatic carbocycles. The summed E-state index contributed by atoms with van der Waals surface area (Å²) in [5.41, 5.74) is 0.965. The fraction of sp³-hybridized carbons (Fsp3) is 0.417. The van der Waals surface area contributed by atoms with Crippen LogP contribution in [0.2, 0.25) is 0 Å². The molecule has 2 aliphatic rings. The number of ether oxygens (including phenoxy) is 3. The van der Waals surface area contributed by atoms with E-state index in [1.807, 2.05) is 30.0 Å². The van der Waals surface area contributed by atoms with Crippen molar-refractivity contribution in [2.75, 3.05) is 24.8 Å². The van der Waals surface area contributed by atoms with E-state index in [-0.39, 0.29) is 18.8 Å². The van der Waals surface area contributed by atoms with Gasteiger partial charge in [-0.05, 0) is 19.1 Å². The largest absolute Gasteiger partial charge is 0.464 e. The van der Waals surface area contributed by atoms with Gasteiger partial charge in [0, 0.05) is 11.8 Å². The van der Waals surface area contributed by atoms with E-state index in [2.05, 4.69) is 0 Å². The molecule has 0 spiro atoms. The molecule has 1 atom stereocenters. The van der Waals surface area contributed by atoms with Crippen LogP contribution in [0.3, 0.4) is 0 Å². The maximum atomic E-state index is 11.5. The van der Waals surface area contributed by atoms with Crippen LogP contribution in [0, 0.1) is 0 Å². The number of rotatable bonds is 3. The predicted octanol–water partition coefficient (Wildman–Crippen LogP) is 1.17. The number of nitrogens with zero attached hydrogens (tertiary/aromatic N) is 1. The summed E-state index contributed by atoms with van der Waals surface area (Å²) in [6.45, 7) is 3.20. The third kappa shape index (κ3) is 1.77. The second-order valence-corrected chi connectivity index (χ2v) is 3.96. The lowest BCUT2D eigenvalue weighted by molar-refractivity contribution is -0.142. The quantitative estimate of drug-likeness (QED) is 0.581. The molecular formula is C12H13NO4. The molecule has 0 aromatic heterocycles. The number of esters is 1. The zero-order valence-corrected chi connectivity index (χ0v) is 9.51. The smallest absolute Gasteiger partial charge is 0.330 e. The van der Waals surface area contributed by atoms with Gasteiger partial charge in [-0.3, -0.25) is 0 Å². The van der Waals surface area contributed by atoms with Gasteiger partial charge < -0.3 is 19.1 Å². The maximum Gasteiger partial charge on any atom is 0.330 e. The van der Waals surface area contributed by atoms with Crippen LogP contribution in [0.25, 0.3) is 0 Å². The summed E-state index contributed by atoms with van der Waals surface area (Å²) in [4.78, 5) is 13.5. The molecule has 0 N–H and O–H groups in total. The van der Waals surface area contributed by atoms with Gasteiger partial charge in [-0.1, -0.05) is 0 Å². The summed E-state index contributed by atoms with van der Waals surface area (Å²) < 4.78 is 15.5. The minimum Gasteiger partial charge on any atom is -0.464 e. The molecule has 0 radical (unpaired) electrons. The van der Waals surface area contributed by atoms with Gasteiger partial charge in [0.15, 0.2) is 11.5 Å². The third-order valence-corrected chi connectivity index (χ3v) is 2.86. The Morgan fingerprint density at radius 2 is 2.29 bits per heavy atom. The molecule has 1 saturated heterocycles. The van der Waals surface area contributed by atoms with Crippen molar-refractivity contribution in [3.63, 3.8) is 0 Å². The van der Waals surface area contributed by atoms with E-state index in [9.17, 15) is 4.79 Å². The number of anilines is 1. The molecule has 1 fully saturated rings. The Kier molecular flexibility index (Phi) is 2.31. The van der Waals surface area contributed by atoms with Crippen molar-refractivity contribution in [1.29, 1.82) is 0 Å². The van der Waals surface area contributed by atoms with Crippen LogP contribution in [-0.4, -0.2) is 32.0 Å². The van der Waals surface area contributed by atoms with E-state index in [4.69, 9.17) is 14.2 Å². The van der Waals surface area contributed by atoms with Gasteiger partial charge in [0.2, 0.25) is 6.79 Å². The minimum atomic E-state index is -0.162. The second-order valence-electron chi connectivity index (χ2n) is 3.96. The number of hydrogen-bond donors (Lipinski definition) is 0. The van der Waals surface area contributed by atoms with Crippen LogP contribution in [-0.2, 0) is 9.53 Å². The highest BCUT2D eigenvalue weighted by Gasteiger charge is 2.42. The summed E-state index contributed by atoms with van der Waals surface area (Å²) in [6.07, 6.45) is 0. The zero-order chi connectivity index (χ0) is 11.8. The zero-order valence-electron chi connectivity index (χ0n) is 9.51. The summed E-state index contributed by atoms with van der Waals surface area (Å²) in [6, 6.07) is 5.53. The van der Waals surface area contributed by atoms with Crippen molar-refractivity contribution in [3.8, 4) is 11.5 Å². The van der Waals surface area contributed by atoms with Crippen molar-refractivity contribution in [2.45, 2.75) is 13.0 Å². The van der Waals surface area contributed by atoms with Crippen molar-refractivity contribution >= 4 is 11.7 Å². The summed E-state index contributed by atoms with van der Waals surface area (Å²) >= 11 is 0. The fourth-order valence-electron chi connectivity index (χ4n) is 1.93. The molecule has 2 heterocycles. The fourth-order valence-corrected chi connectivity index (χ4v) is 1.93. The Labute approximate surface area is 98.9 Å². The Balaban J connectivity index is 1.73. The number of hydrogen-bond acceptors (Lipinski definition) is 5. The molecule has 5 nitrogen and oxygen atoms in total. The van der Waals surface area contributed by atoms with Gasteiger partial charge in [0.25, 0.3) is 0 Å². The van der Waals surface area contributed by atoms with Crippen molar-refractivity contribution in [2.24, 2.45) is 0 Å². The second kappa shape index (κ2) is 3.84. The molecule has 0 bridgehead atoms. The summed E-state index contributed by atoms with van der Waals surface area (Å²) in [5, 5.41) is 0. The number of fused-ring (bicyclic) bond motifs is 1. The first-order valence-electron chi connectivity index (χ1n) is 5.62. The normalized spacial score (nSPS) is 20.3. The molecule has 0 saturated carbocycles. The lowest BCUT2D eigenvalue weighted by Crippen LogP contribution is -2.15. The van der Waals surface area contributed by atoms with Crippen LogP contribution >= 0.6 is 0 Å². The molecule has 1 unspecified atom stereocenters. The Morgan fingerprint density at radius 1 is 1.47 bits per heavy atom.